The Hall–Kier alpha value is -0.870. The van der Waals surface area contributed by atoms with Gasteiger partial charge in [-0.2, -0.15) is 0 Å². The molecule has 0 aliphatic heterocycles. The molecule has 2 saturated carbocycles. The lowest BCUT2D eigenvalue weighted by atomic mass is 9.52. The van der Waals surface area contributed by atoms with Crippen molar-refractivity contribution in [3.63, 3.8) is 0 Å². The average Bonchev–Trinajstić information content (AvgIpc) is 2.42. The first kappa shape index (κ1) is 15.5. The number of esters is 1. The predicted octanol–water partition coefficient (Wildman–Crippen LogP) is 2.04. The van der Waals surface area contributed by atoms with Gasteiger partial charge in [0.2, 0.25) is 0 Å². The number of hydrogen-bond donors (Lipinski definition) is 2. The van der Waals surface area contributed by atoms with Crippen LogP contribution in [0.5, 0.6) is 0 Å². The first-order valence-electron chi connectivity index (χ1n) is 7.40. The maximum atomic E-state index is 11.6. The van der Waals surface area contributed by atoms with Crippen LogP contribution in [0, 0.1) is 17.3 Å². The molecule has 0 heterocycles. The van der Waals surface area contributed by atoms with E-state index in [4.69, 9.17) is 4.74 Å². The van der Waals surface area contributed by atoms with Gasteiger partial charge >= 0.3 is 5.97 Å². The quantitative estimate of drug-likeness (QED) is 0.601. The Morgan fingerprint density at radius 2 is 1.90 bits per heavy atom. The van der Waals surface area contributed by atoms with E-state index in [2.05, 4.69) is 13.5 Å². The fourth-order valence-electron chi connectivity index (χ4n) is 4.21. The molecule has 0 aromatic carbocycles. The molecule has 4 nitrogen and oxygen atoms in total. The lowest BCUT2D eigenvalue weighted by Crippen LogP contribution is -2.58. The summed E-state index contributed by atoms with van der Waals surface area (Å²) in [5, 5.41) is 20.8. The minimum atomic E-state index is -1.10. The van der Waals surface area contributed by atoms with Crippen LogP contribution >= 0.6 is 0 Å². The van der Waals surface area contributed by atoms with E-state index in [1.165, 1.54) is 7.11 Å². The topological polar surface area (TPSA) is 66.8 Å². The standard InChI is InChI=1S/C16H26O4/c1-10(14(18)20-4)11-5-7-15(2)8-6-13(17)16(3,19)12(15)9-11/h11-13,17,19H,1,5-9H2,2-4H3. The van der Waals surface area contributed by atoms with E-state index in [1.807, 2.05) is 0 Å². The fourth-order valence-corrected chi connectivity index (χ4v) is 4.21. The molecule has 20 heavy (non-hydrogen) atoms. The molecule has 4 heteroatoms. The van der Waals surface area contributed by atoms with Crippen molar-refractivity contribution in [3.8, 4) is 0 Å². The van der Waals surface area contributed by atoms with Gasteiger partial charge in [0.15, 0.2) is 0 Å². The molecule has 2 rings (SSSR count). The molecule has 0 saturated heterocycles. The van der Waals surface area contributed by atoms with Gasteiger partial charge in [0, 0.05) is 5.57 Å². The molecule has 114 valence electrons. The highest BCUT2D eigenvalue weighted by atomic mass is 16.5. The molecule has 5 atom stereocenters. The van der Waals surface area contributed by atoms with Crippen LogP contribution in [0.15, 0.2) is 12.2 Å². The minimum absolute atomic E-state index is 0.0149. The first-order chi connectivity index (χ1) is 9.22. The smallest absolute Gasteiger partial charge is 0.333 e. The second kappa shape index (κ2) is 5.15. The van der Waals surface area contributed by atoms with Gasteiger partial charge in [0.1, 0.15) is 0 Å². The fraction of sp³-hybridized carbons (Fsp3) is 0.812. The second-order valence-electron chi connectivity index (χ2n) is 6.98. The van der Waals surface area contributed by atoms with Crippen molar-refractivity contribution in [1.29, 1.82) is 0 Å². The van der Waals surface area contributed by atoms with Gasteiger partial charge in [0.25, 0.3) is 0 Å². The molecule has 2 fully saturated rings. The molecule has 0 amide bonds. The summed E-state index contributed by atoms with van der Waals surface area (Å²) in [5.41, 5.74) is -0.567. The summed E-state index contributed by atoms with van der Waals surface area (Å²) >= 11 is 0. The Bertz CT molecular complexity index is 410. The maximum absolute atomic E-state index is 11.6. The van der Waals surface area contributed by atoms with Crippen LogP contribution in [0.25, 0.3) is 0 Å². The van der Waals surface area contributed by atoms with Crippen molar-refractivity contribution in [2.75, 3.05) is 7.11 Å². The Morgan fingerprint density at radius 1 is 1.30 bits per heavy atom. The van der Waals surface area contributed by atoms with Crippen LogP contribution in [0.4, 0.5) is 0 Å². The minimum Gasteiger partial charge on any atom is -0.466 e. The number of aliphatic hydroxyl groups excluding tert-OH is 1. The molecule has 0 aromatic heterocycles. The van der Waals surface area contributed by atoms with E-state index in [0.29, 0.717) is 18.4 Å². The molecule has 5 unspecified atom stereocenters. The van der Waals surface area contributed by atoms with Crippen LogP contribution in [0.1, 0.15) is 46.0 Å². The summed E-state index contributed by atoms with van der Waals surface area (Å²) in [4.78, 5) is 11.6. The van der Waals surface area contributed by atoms with Crippen LogP contribution in [0.3, 0.4) is 0 Å². The largest absolute Gasteiger partial charge is 0.466 e. The molecule has 0 aromatic rings. The van der Waals surface area contributed by atoms with Gasteiger partial charge in [0.05, 0.1) is 18.8 Å². The van der Waals surface area contributed by atoms with Crippen molar-refractivity contribution in [2.24, 2.45) is 17.3 Å². The summed E-state index contributed by atoms with van der Waals surface area (Å²) in [6.07, 6.45) is 3.41. The third-order valence-electron chi connectivity index (χ3n) is 5.73. The van der Waals surface area contributed by atoms with Gasteiger partial charge < -0.3 is 14.9 Å². The van der Waals surface area contributed by atoms with E-state index in [1.54, 1.807) is 6.92 Å². The first-order valence-corrected chi connectivity index (χ1v) is 7.40. The van der Waals surface area contributed by atoms with Crippen LogP contribution in [0.2, 0.25) is 0 Å². The number of rotatable bonds is 2. The molecule has 2 aliphatic carbocycles. The zero-order chi connectivity index (χ0) is 15.1. The lowest BCUT2D eigenvalue weighted by molar-refractivity contribution is -0.183. The van der Waals surface area contributed by atoms with Crippen LogP contribution < -0.4 is 0 Å². The Balaban J connectivity index is 2.20. The molecule has 0 radical (unpaired) electrons. The SMILES string of the molecule is C=C(C(=O)OC)C1CCC2(C)CCC(O)C(C)(O)C2C1. The number of carbonyl (C=O) groups excluding carboxylic acids is 1. The number of aliphatic hydroxyl groups is 2. The lowest BCUT2D eigenvalue weighted by Gasteiger charge is -2.56. The summed E-state index contributed by atoms with van der Waals surface area (Å²) in [6.45, 7) is 7.77. The normalized spacial score (nSPS) is 44.5. The van der Waals surface area contributed by atoms with Crippen molar-refractivity contribution in [2.45, 2.75) is 57.7 Å². The van der Waals surface area contributed by atoms with E-state index in [0.717, 1.165) is 19.3 Å². The number of ether oxygens (including phenoxy) is 1. The highest BCUT2D eigenvalue weighted by Crippen LogP contribution is 2.56. The summed E-state index contributed by atoms with van der Waals surface area (Å²) < 4.78 is 4.75. The van der Waals surface area contributed by atoms with Crippen molar-refractivity contribution >= 4 is 5.97 Å². The highest BCUT2D eigenvalue weighted by Gasteiger charge is 2.55. The van der Waals surface area contributed by atoms with E-state index >= 15 is 0 Å². The van der Waals surface area contributed by atoms with Crippen molar-refractivity contribution in [3.05, 3.63) is 12.2 Å². The average molecular weight is 282 g/mol. The van der Waals surface area contributed by atoms with Gasteiger partial charge in [-0.25, -0.2) is 4.79 Å². The second-order valence-corrected chi connectivity index (χ2v) is 6.98. The number of methoxy groups -OCH3 is 1. The maximum Gasteiger partial charge on any atom is 0.333 e. The van der Waals surface area contributed by atoms with Crippen molar-refractivity contribution in [1.82, 2.24) is 0 Å². The molecule has 2 N–H and O–H groups in total. The number of fused-ring (bicyclic) bond motifs is 1. The van der Waals surface area contributed by atoms with Crippen molar-refractivity contribution < 1.29 is 19.7 Å². The number of hydrogen-bond acceptors (Lipinski definition) is 4. The van der Waals surface area contributed by atoms with E-state index in [-0.39, 0.29) is 23.2 Å². The van der Waals surface area contributed by atoms with Gasteiger partial charge in [-0.3, -0.25) is 0 Å². The summed E-state index contributed by atoms with van der Waals surface area (Å²) in [5.74, 6) is -0.342. The molecule has 2 aliphatic rings. The third kappa shape index (κ3) is 2.40. The highest BCUT2D eigenvalue weighted by molar-refractivity contribution is 5.88. The molecule has 0 bridgehead atoms. The summed E-state index contributed by atoms with van der Waals surface area (Å²) in [6, 6.07) is 0. The number of carbonyl (C=O) groups is 1. The molecular formula is C16H26O4. The van der Waals surface area contributed by atoms with E-state index in [9.17, 15) is 15.0 Å². The monoisotopic (exact) mass is 282 g/mol. The van der Waals surface area contributed by atoms with Gasteiger partial charge in [-0.15, -0.1) is 0 Å². The van der Waals surface area contributed by atoms with Gasteiger partial charge in [-0.1, -0.05) is 13.5 Å². The molecular weight excluding hydrogens is 256 g/mol. The van der Waals surface area contributed by atoms with Crippen LogP contribution in [-0.2, 0) is 9.53 Å². The summed E-state index contributed by atoms with van der Waals surface area (Å²) in [7, 11) is 1.36. The van der Waals surface area contributed by atoms with E-state index < -0.39 is 11.7 Å². The Kier molecular flexibility index (Phi) is 4.00. The Morgan fingerprint density at radius 3 is 2.50 bits per heavy atom. The zero-order valence-electron chi connectivity index (χ0n) is 12.7. The predicted molar refractivity (Wildman–Crippen MR) is 76.0 cm³/mol. The third-order valence-corrected chi connectivity index (χ3v) is 5.73. The zero-order valence-corrected chi connectivity index (χ0v) is 12.7. The Labute approximate surface area is 120 Å². The van der Waals surface area contributed by atoms with Gasteiger partial charge in [-0.05, 0) is 56.3 Å². The molecule has 0 spiro atoms. The van der Waals surface area contributed by atoms with Crippen LogP contribution in [-0.4, -0.2) is 35.0 Å².